The molecule has 0 radical (unpaired) electrons. The summed E-state index contributed by atoms with van der Waals surface area (Å²) in [5.41, 5.74) is 8.38. The highest BCUT2D eigenvalue weighted by Gasteiger charge is 1.90. The molecule has 0 spiro atoms. The van der Waals surface area contributed by atoms with Gasteiger partial charge in [0.1, 0.15) is 0 Å². The SMILES string of the molecule is CCCCc1ccc(C)cc1.CCCc1ccc(C)cc1.CCc1ccc(C)cc1. The number of aryl methyl sites for hydroxylation is 6. The molecule has 0 bridgehead atoms. The minimum absolute atomic E-state index is 1.14. The highest BCUT2D eigenvalue weighted by Crippen LogP contribution is 2.07. The molecule has 0 aliphatic heterocycles. The van der Waals surface area contributed by atoms with Gasteiger partial charge in [0.2, 0.25) is 0 Å². The van der Waals surface area contributed by atoms with E-state index in [9.17, 15) is 0 Å². The Labute approximate surface area is 186 Å². The predicted octanol–water partition coefficient (Wildman–Crippen LogP) is 8.84. The van der Waals surface area contributed by atoms with Gasteiger partial charge in [0, 0.05) is 0 Å². The van der Waals surface area contributed by atoms with Crippen molar-refractivity contribution in [3.63, 3.8) is 0 Å². The molecule has 0 amide bonds. The number of hydrogen-bond acceptors (Lipinski definition) is 0. The Bertz CT molecular complexity index is 777. The molecule has 0 saturated carbocycles. The largest absolute Gasteiger partial charge is 0.0654 e. The summed E-state index contributed by atoms with van der Waals surface area (Å²) in [6.45, 7) is 13.0. The molecule has 0 atom stereocenters. The van der Waals surface area contributed by atoms with Crippen LogP contribution in [0.15, 0.2) is 72.8 Å². The molecule has 0 saturated heterocycles. The minimum atomic E-state index is 1.14. The van der Waals surface area contributed by atoms with E-state index in [1.807, 2.05) is 0 Å². The molecule has 0 N–H and O–H groups in total. The molecule has 162 valence electrons. The smallest absolute Gasteiger partial charge is 0.0279 e. The normalized spacial score (nSPS) is 9.80. The van der Waals surface area contributed by atoms with E-state index in [1.54, 1.807) is 0 Å². The Morgan fingerprint density at radius 1 is 0.433 bits per heavy atom. The highest BCUT2D eigenvalue weighted by molar-refractivity contribution is 5.22. The van der Waals surface area contributed by atoms with Gasteiger partial charge in [0.15, 0.2) is 0 Å². The van der Waals surface area contributed by atoms with Gasteiger partial charge in [0.25, 0.3) is 0 Å². The van der Waals surface area contributed by atoms with Gasteiger partial charge < -0.3 is 0 Å². The molecule has 0 heterocycles. The molecule has 0 unspecified atom stereocenters. The first-order valence-electron chi connectivity index (χ1n) is 11.6. The van der Waals surface area contributed by atoms with Crippen molar-refractivity contribution in [2.75, 3.05) is 0 Å². The summed E-state index contributed by atoms with van der Waals surface area (Å²) in [4.78, 5) is 0. The van der Waals surface area contributed by atoms with Gasteiger partial charge in [-0.15, -0.1) is 0 Å². The number of rotatable bonds is 6. The fourth-order valence-electron chi connectivity index (χ4n) is 3.00. The average Bonchev–Trinajstić information content (AvgIpc) is 2.77. The number of hydrogen-bond donors (Lipinski definition) is 0. The lowest BCUT2D eigenvalue weighted by atomic mass is 10.1. The van der Waals surface area contributed by atoms with Crippen molar-refractivity contribution < 1.29 is 0 Å². The third kappa shape index (κ3) is 11.6. The van der Waals surface area contributed by atoms with Crippen LogP contribution in [0.5, 0.6) is 0 Å². The summed E-state index contributed by atoms with van der Waals surface area (Å²) < 4.78 is 0. The second kappa shape index (κ2) is 15.5. The Kier molecular flexibility index (Phi) is 13.3. The molecule has 0 aromatic heterocycles. The lowest BCUT2D eigenvalue weighted by molar-refractivity contribution is 0.795. The van der Waals surface area contributed by atoms with Crippen molar-refractivity contribution in [3.8, 4) is 0 Å². The van der Waals surface area contributed by atoms with Crippen LogP contribution in [0.2, 0.25) is 0 Å². The second-order valence-corrected chi connectivity index (χ2v) is 8.16. The predicted molar refractivity (Wildman–Crippen MR) is 136 cm³/mol. The van der Waals surface area contributed by atoms with Gasteiger partial charge >= 0.3 is 0 Å². The standard InChI is InChI=1S/C11H16.C10H14.C9H12/c1-3-4-5-11-8-6-10(2)7-9-11;1-3-4-10-7-5-9(2)6-8-10;1-3-9-6-4-8(2)5-7-9/h6-9H,3-5H2,1-2H3;5-8H,3-4H2,1-2H3;4-7H,3H2,1-2H3. The maximum Gasteiger partial charge on any atom is -0.0279 e. The molecule has 0 heteroatoms. The van der Waals surface area contributed by atoms with Crippen LogP contribution in [-0.2, 0) is 19.3 Å². The summed E-state index contributed by atoms with van der Waals surface area (Å²) in [7, 11) is 0. The van der Waals surface area contributed by atoms with Gasteiger partial charge in [-0.25, -0.2) is 0 Å². The van der Waals surface area contributed by atoms with Gasteiger partial charge in [-0.05, 0) is 63.1 Å². The zero-order chi connectivity index (χ0) is 22.2. The number of benzene rings is 3. The first-order chi connectivity index (χ1) is 14.5. The molecule has 3 aromatic carbocycles. The average molecular weight is 403 g/mol. The van der Waals surface area contributed by atoms with E-state index in [4.69, 9.17) is 0 Å². The molecule has 0 fully saturated rings. The fourth-order valence-corrected chi connectivity index (χ4v) is 3.00. The Hall–Kier alpha value is -2.34. The number of unbranched alkanes of at least 4 members (excludes halogenated alkanes) is 1. The van der Waals surface area contributed by atoms with Crippen LogP contribution in [0.1, 0.15) is 73.4 Å². The first kappa shape index (κ1) is 25.7. The van der Waals surface area contributed by atoms with E-state index in [-0.39, 0.29) is 0 Å². The van der Waals surface area contributed by atoms with E-state index in [0.717, 1.165) is 6.42 Å². The van der Waals surface area contributed by atoms with Crippen LogP contribution in [0.3, 0.4) is 0 Å². The van der Waals surface area contributed by atoms with Gasteiger partial charge in [-0.1, -0.05) is 123 Å². The summed E-state index contributed by atoms with van der Waals surface area (Å²) in [6.07, 6.45) is 7.41. The minimum Gasteiger partial charge on any atom is -0.0654 e. The first-order valence-corrected chi connectivity index (χ1v) is 11.6. The molecule has 3 aromatic rings. The van der Waals surface area contributed by atoms with Crippen molar-refractivity contribution in [1.29, 1.82) is 0 Å². The van der Waals surface area contributed by atoms with E-state index in [1.165, 1.54) is 65.5 Å². The quantitative estimate of drug-likeness (QED) is 0.386. The van der Waals surface area contributed by atoms with Gasteiger partial charge in [-0.3, -0.25) is 0 Å². The Morgan fingerprint density at radius 3 is 1.13 bits per heavy atom. The van der Waals surface area contributed by atoms with Crippen LogP contribution in [-0.4, -0.2) is 0 Å². The van der Waals surface area contributed by atoms with Crippen LogP contribution >= 0.6 is 0 Å². The molecule has 0 nitrogen and oxygen atoms in total. The summed E-state index contributed by atoms with van der Waals surface area (Å²) in [6, 6.07) is 26.2. The zero-order valence-electron chi connectivity index (χ0n) is 20.2. The van der Waals surface area contributed by atoms with E-state index < -0.39 is 0 Å². The second-order valence-electron chi connectivity index (χ2n) is 8.16. The molecule has 0 aliphatic rings. The topological polar surface area (TPSA) is 0 Å². The molecule has 30 heavy (non-hydrogen) atoms. The highest BCUT2D eigenvalue weighted by atomic mass is 14.0. The third-order valence-electron chi connectivity index (χ3n) is 5.13. The van der Waals surface area contributed by atoms with Gasteiger partial charge in [0.05, 0.1) is 0 Å². The van der Waals surface area contributed by atoms with Crippen molar-refractivity contribution in [3.05, 3.63) is 106 Å². The third-order valence-corrected chi connectivity index (χ3v) is 5.13. The van der Waals surface area contributed by atoms with E-state index in [0.29, 0.717) is 0 Å². The van der Waals surface area contributed by atoms with Gasteiger partial charge in [-0.2, -0.15) is 0 Å². The van der Waals surface area contributed by atoms with Crippen LogP contribution < -0.4 is 0 Å². The Morgan fingerprint density at radius 2 is 0.800 bits per heavy atom. The summed E-state index contributed by atoms with van der Waals surface area (Å²) in [5.74, 6) is 0. The maximum atomic E-state index is 2.23. The fraction of sp³-hybridized carbons (Fsp3) is 0.400. The molecular formula is C30H42. The van der Waals surface area contributed by atoms with Crippen molar-refractivity contribution in [2.45, 2.75) is 80.1 Å². The van der Waals surface area contributed by atoms with E-state index in [2.05, 4.69) is 114 Å². The molecule has 3 rings (SSSR count). The van der Waals surface area contributed by atoms with Crippen molar-refractivity contribution in [1.82, 2.24) is 0 Å². The summed E-state index contributed by atoms with van der Waals surface area (Å²) >= 11 is 0. The van der Waals surface area contributed by atoms with Crippen molar-refractivity contribution >= 4 is 0 Å². The molecular weight excluding hydrogens is 360 g/mol. The lowest BCUT2D eigenvalue weighted by Gasteiger charge is -1.99. The zero-order valence-corrected chi connectivity index (χ0v) is 20.2. The van der Waals surface area contributed by atoms with Crippen LogP contribution in [0.4, 0.5) is 0 Å². The maximum absolute atomic E-state index is 2.23. The monoisotopic (exact) mass is 402 g/mol. The summed E-state index contributed by atoms with van der Waals surface area (Å²) in [5, 5.41) is 0. The van der Waals surface area contributed by atoms with Crippen LogP contribution in [0, 0.1) is 20.8 Å². The van der Waals surface area contributed by atoms with E-state index >= 15 is 0 Å². The Balaban J connectivity index is 0.000000226. The van der Waals surface area contributed by atoms with Crippen molar-refractivity contribution in [2.24, 2.45) is 0 Å². The molecule has 0 aliphatic carbocycles. The lowest BCUT2D eigenvalue weighted by Crippen LogP contribution is -1.83. The van der Waals surface area contributed by atoms with Crippen LogP contribution in [0.25, 0.3) is 0 Å².